The van der Waals surface area contributed by atoms with Gasteiger partial charge >= 0.3 is 0 Å². The molecular formula is C22H17N5O8. The fraction of sp³-hybridized carbons (Fsp3) is 0.0909. The highest BCUT2D eigenvalue weighted by Gasteiger charge is 2.23. The van der Waals surface area contributed by atoms with Crippen molar-refractivity contribution in [3.05, 3.63) is 107 Å². The molecule has 0 unspecified atom stereocenters. The van der Waals surface area contributed by atoms with Gasteiger partial charge in [-0.1, -0.05) is 12.1 Å². The van der Waals surface area contributed by atoms with Crippen LogP contribution in [-0.4, -0.2) is 26.6 Å². The number of nitro groups is 3. The summed E-state index contributed by atoms with van der Waals surface area (Å²) in [6.07, 6.45) is 0. The number of hydrogen-bond acceptors (Lipinski definition) is 8. The van der Waals surface area contributed by atoms with Gasteiger partial charge in [-0.05, 0) is 43.2 Å². The van der Waals surface area contributed by atoms with Crippen molar-refractivity contribution in [1.29, 1.82) is 0 Å². The molecule has 0 bridgehead atoms. The van der Waals surface area contributed by atoms with Crippen LogP contribution in [0.25, 0.3) is 0 Å². The zero-order valence-electron chi connectivity index (χ0n) is 18.3. The molecule has 2 N–H and O–H groups in total. The first-order valence-corrected chi connectivity index (χ1v) is 9.88. The number of nitrogens with zero attached hydrogens (tertiary/aromatic N) is 3. The molecule has 0 aromatic heterocycles. The van der Waals surface area contributed by atoms with Gasteiger partial charge < -0.3 is 10.6 Å². The number of hydrogen-bond donors (Lipinski definition) is 2. The lowest BCUT2D eigenvalue weighted by Crippen LogP contribution is -2.17. The molecule has 0 heterocycles. The first kappa shape index (κ1) is 24.4. The summed E-state index contributed by atoms with van der Waals surface area (Å²) in [4.78, 5) is 57.4. The molecule has 3 rings (SSSR count). The predicted molar refractivity (Wildman–Crippen MR) is 125 cm³/mol. The summed E-state index contributed by atoms with van der Waals surface area (Å²) in [5, 5.41) is 38.7. The summed E-state index contributed by atoms with van der Waals surface area (Å²) in [7, 11) is 0. The quantitative estimate of drug-likeness (QED) is 0.365. The fourth-order valence-corrected chi connectivity index (χ4v) is 3.16. The van der Waals surface area contributed by atoms with Crippen LogP contribution >= 0.6 is 0 Å². The number of amides is 2. The average molecular weight is 479 g/mol. The van der Waals surface area contributed by atoms with E-state index in [1.54, 1.807) is 13.8 Å². The number of anilines is 2. The molecule has 2 amide bonds. The third-order valence-corrected chi connectivity index (χ3v) is 4.85. The molecular weight excluding hydrogens is 462 g/mol. The number of benzene rings is 3. The van der Waals surface area contributed by atoms with Crippen molar-refractivity contribution in [2.45, 2.75) is 13.8 Å². The van der Waals surface area contributed by atoms with Gasteiger partial charge in [0, 0.05) is 35.4 Å². The first-order chi connectivity index (χ1) is 16.5. The second-order valence-electron chi connectivity index (χ2n) is 7.49. The second kappa shape index (κ2) is 9.74. The smallest absolute Gasteiger partial charge is 0.293 e. The number of nitrogens with one attached hydrogen (secondary N) is 2. The Hall–Kier alpha value is -5.20. The topological polar surface area (TPSA) is 188 Å². The van der Waals surface area contributed by atoms with Crippen LogP contribution in [0.3, 0.4) is 0 Å². The van der Waals surface area contributed by atoms with Crippen molar-refractivity contribution < 1.29 is 24.4 Å². The fourth-order valence-electron chi connectivity index (χ4n) is 3.16. The average Bonchev–Trinajstić information content (AvgIpc) is 2.80. The van der Waals surface area contributed by atoms with Gasteiger partial charge in [0.15, 0.2) is 0 Å². The second-order valence-corrected chi connectivity index (χ2v) is 7.49. The number of non-ortho nitro benzene ring substituents is 1. The summed E-state index contributed by atoms with van der Waals surface area (Å²) < 4.78 is 0. The Morgan fingerprint density at radius 1 is 0.629 bits per heavy atom. The van der Waals surface area contributed by atoms with E-state index in [2.05, 4.69) is 10.6 Å². The Morgan fingerprint density at radius 2 is 1.03 bits per heavy atom. The Labute approximate surface area is 196 Å². The highest BCUT2D eigenvalue weighted by Crippen LogP contribution is 2.28. The van der Waals surface area contributed by atoms with Gasteiger partial charge in [0.1, 0.15) is 11.4 Å². The molecule has 0 fully saturated rings. The SMILES string of the molecule is Cc1ccc(NC(=O)c2cc(C(=O)Nc3ccc(C)cc3[N+](=O)[O-])cc([N+](=O)[O-])c2)c([N+](=O)[O-])c1. The highest BCUT2D eigenvalue weighted by molar-refractivity contribution is 6.10. The number of aryl methyl sites for hydroxylation is 2. The molecule has 0 atom stereocenters. The molecule has 0 saturated carbocycles. The van der Waals surface area contributed by atoms with Crippen LogP contribution in [0, 0.1) is 44.2 Å². The molecule has 13 heteroatoms. The summed E-state index contributed by atoms with van der Waals surface area (Å²) in [5.41, 5.74) is -1.13. The number of nitro benzene ring substituents is 3. The van der Waals surface area contributed by atoms with E-state index in [0.717, 1.165) is 18.2 Å². The molecule has 0 aliphatic carbocycles. The summed E-state index contributed by atoms with van der Waals surface area (Å²) in [6, 6.07) is 11.0. The van der Waals surface area contributed by atoms with Crippen LogP contribution in [-0.2, 0) is 0 Å². The van der Waals surface area contributed by atoms with Crippen LogP contribution in [0.4, 0.5) is 28.4 Å². The summed E-state index contributed by atoms with van der Waals surface area (Å²) in [6.45, 7) is 3.25. The minimum absolute atomic E-state index is 0.140. The van der Waals surface area contributed by atoms with Crippen LogP contribution in [0.5, 0.6) is 0 Å². The maximum atomic E-state index is 12.8. The molecule has 0 radical (unpaired) electrons. The number of rotatable bonds is 7. The molecule has 13 nitrogen and oxygen atoms in total. The van der Waals surface area contributed by atoms with E-state index in [-0.39, 0.29) is 33.9 Å². The van der Waals surface area contributed by atoms with Crippen molar-refractivity contribution >= 4 is 40.3 Å². The normalized spacial score (nSPS) is 10.3. The van der Waals surface area contributed by atoms with E-state index in [1.807, 2.05) is 0 Å². The van der Waals surface area contributed by atoms with Gasteiger partial charge in [0.2, 0.25) is 0 Å². The van der Waals surface area contributed by atoms with E-state index < -0.39 is 32.3 Å². The maximum Gasteiger partial charge on any atom is 0.293 e. The standard InChI is InChI=1S/C22H17N5O8/c1-12-3-5-17(19(7-12)26(32)33)23-21(28)14-9-15(11-16(10-14)25(30)31)22(29)24-18-6-4-13(2)8-20(18)27(34)35/h3-11H,1-2H3,(H,23,28)(H,24,29). The first-order valence-electron chi connectivity index (χ1n) is 9.88. The third-order valence-electron chi connectivity index (χ3n) is 4.85. The Balaban J connectivity index is 1.97. The molecule has 3 aromatic carbocycles. The van der Waals surface area contributed by atoms with Crippen molar-refractivity contribution in [2.75, 3.05) is 10.6 Å². The monoisotopic (exact) mass is 479 g/mol. The van der Waals surface area contributed by atoms with Crippen LogP contribution < -0.4 is 10.6 Å². The lowest BCUT2D eigenvalue weighted by atomic mass is 10.1. The van der Waals surface area contributed by atoms with E-state index >= 15 is 0 Å². The third kappa shape index (κ3) is 5.60. The lowest BCUT2D eigenvalue weighted by Gasteiger charge is -2.10. The summed E-state index contributed by atoms with van der Waals surface area (Å²) >= 11 is 0. The van der Waals surface area contributed by atoms with Gasteiger partial charge in [-0.3, -0.25) is 39.9 Å². The maximum absolute atomic E-state index is 12.8. The van der Waals surface area contributed by atoms with Crippen molar-refractivity contribution in [3.63, 3.8) is 0 Å². The van der Waals surface area contributed by atoms with E-state index in [0.29, 0.717) is 11.1 Å². The molecule has 0 aliphatic rings. The number of carbonyl (C=O) groups is 2. The van der Waals surface area contributed by atoms with Crippen LogP contribution in [0.15, 0.2) is 54.6 Å². The van der Waals surface area contributed by atoms with Crippen molar-refractivity contribution in [3.8, 4) is 0 Å². The van der Waals surface area contributed by atoms with Crippen LogP contribution in [0.2, 0.25) is 0 Å². The van der Waals surface area contributed by atoms with Gasteiger partial charge in [0.25, 0.3) is 28.9 Å². The highest BCUT2D eigenvalue weighted by atomic mass is 16.6. The zero-order valence-corrected chi connectivity index (χ0v) is 18.3. The minimum Gasteiger partial charge on any atom is -0.316 e. The number of carbonyl (C=O) groups excluding carboxylic acids is 2. The Kier molecular flexibility index (Phi) is 6.80. The molecule has 0 aliphatic heterocycles. The molecule has 35 heavy (non-hydrogen) atoms. The van der Waals surface area contributed by atoms with Crippen LogP contribution in [0.1, 0.15) is 31.8 Å². The van der Waals surface area contributed by atoms with Crippen molar-refractivity contribution in [1.82, 2.24) is 0 Å². The van der Waals surface area contributed by atoms with E-state index in [9.17, 15) is 39.9 Å². The predicted octanol–water partition coefficient (Wildman–Crippen LogP) is 4.53. The molecule has 0 spiro atoms. The Bertz CT molecular complexity index is 1310. The van der Waals surface area contributed by atoms with Gasteiger partial charge in [0.05, 0.1) is 14.8 Å². The van der Waals surface area contributed by atoms with Gasteiger partial charge in [-0.15, -0.1) is 0 Å². The van der Waals surface area contributed by atoms with Gasteiger partial charge in [-0.25, -0.2) is 0 Å². The lowest BCUT2D eigenvalue weighted by molar-refractivity contribution is -0.384. The van der Waals surface area contributed by atoms with Gasteiger partial charge in [-0.2, -0.15) is 0 Å². The summed E-state index contributed by atoms with van der Waals surface area (Å²) in [5.74, 6) is -1.87. The van der Waals surface area contributed by atoms with E-state index in [1.165, 1.54) is 36.4 Å². The molecule has 0 saturated heterocycles. The molecule has 3 aromatic rings. The zero-order chi connectivity index (χ0) is 25.9. The minimum atomic E-state index is -0.934. The Morgan fingerprint density at radius 3 is 1.37 bits per heavy atom. The largest absolute Gasteiger partial charge is 0.316 e. The van der Waals surface area contributed by atoms with E-state index in [4.69, 9.17) is 0 Å². The van der Waals surface area contributed by atoms with Crippen molar-refractivity contribution in [2.24, 2.45) is 0 Å². The molecule has 178 valence electrons.